The van der Waals surface area contributed by atoms with Crippen molar-refractivity contribution in [2.75, 3.05) is 20.3 Å². The number of aliphatic hydroxyl groups is 2. The van der Waals surface area contributed by atoms with E-state index in [1.165, 1.54) is 14.0 Å². The molecule has 0 aromatic carbocycles. The molecule has 0 bridgehead atoms. The summed E-state index contributed by atoms with van der Waals surface area (Å²) in [6, 6.07) is -1.11. The Morgan fingerprint density at radius 3 is 2.38 bits per heavy atom. The Morgan fingerprint density at radius 1 is 1.10 bits per heavy atom. The van der Waals surface area contributed by atoms with Crippen LogP contribution in [0.2, 0.25) is 0 Å². The Bertz CT molecular complexity index is 555. The average molecular weight is 417 g/mol. The smallest absolute Gasteiger partial charge is 0.305 e. The van der Waals surface area contributed by atoms with Crippen LogP contribution in [0.15, 0.2) is 5.11 Å². The molecule has 11 nitrogen and oxygen atoms in total. The highest BCUT2D eigenvalue weighted by atomic mass is 16.7. The summed E-state index contributed by atoms with van der Waals surface area (Å²) >= 11 is 0. The van der Waals surface area contributed by atoms with Gasteiger partial charge in [0.05, 0.1) is 13.2 Å². The fourth-order valence-electron chi connectivity index (χ4n) is 2.95. The molecule has 1 saturated heterocycles. The zero-order valence-corrected chi connectivity index (χ0v) is 16.9. The molecule has 0 unspecified atom stereocenters. The van der Waals surface area contributed by atoms with Gasteiger partial charge in [0.15, 0.2) is 6.29 Å². The van der Waals surface area contributed by atoms with Gasteiger partial charge in [0, 0.05) is 24.9 Å². The van der Waals surface area contributed by atoms with Crippen LogP contribution in [-0.4, -0.2) is 73.1 Å². The van der Waals surface area contributed by atoms with E-state index < -0.39 is 36.6 Å². The summed E-state index contributed by atoms with van der Waals surface area (Å²) in [5.41, 5.74) is 8.70. The number of methoxy groups -OCH3 is 1. The highest BCUT2D eigenvalue weighted by Gasteiger charge is 2.45. The van der Waals surface area contributed by atoms with Crippen molar-refractivity contribution in [1.29, 1.82) is 0 Å². The number of nitrogens with zero attached hydrogens (tertiary/aromatic N) is 3. The fraction of sp³-hybridized carbons (Fsp3) is 0.889. The van der Waals surface area contributed by atoms with Gasteiger partial charge in [-0.2, -0.15) is 0 Å². The molecule has 0 amide bonds. The summed E-state index contributed by atoms with van der Waals surface area (Å²) in [7, 11) is 1.38. The topological polar surface area (TPSA) is 160 Å². The number of hydrogen-bond acceptors (Lipinski definition) is 9. The van der Waals surface area contributed by atoms with E-state index in [1.807, 2.05) is 0 Å². The number of esters is 2. The summed E-state index contributed by atoms with van der Waals surface area (Å²) in [5.74, 6) is -0.740. The third-order valence-corrected chi connectivity index (χ3v) is 4.59. The first-order valence-corrected chi connectivity index (χ1v) is 9.78. The lowest BCUT2D eigenvalue weighted by atomic mass is 9.97. The summed E-state index contributed by atoms with van der Waals surface area (Å²) in [6.07, 6.45) is 0.965. The molecule has 1 fully saturated rings. The summed E-state index contributed by atoms with van der Waals surface area (Å²) in [4.78, 5) is 24.7. The number of aliphatic hydroxyl groups excluding tert-OH is 2. The molecule has 0 spiro atoms. The molecule has 166 valence electrons. The molecule has 1 aliphatic rings. The minimum absolute atomic E-state index is 0.195. The first-order valence-electron chi connectivity index (χ1n) is 9.78. The lowest BCUT2D eigenvalue weighted by molar-refractivity contribution is -0.266. The van der Waals surface area contributed by atoms with Crippen molar-refractivity contribution in [2.45, 2.75) is 82.5 Å². The van der Waals surface area contributed by atoms with E-state index in [4.69, 9.17) is 19.7 Å². The van der Waals surface area contributed by atoms with Gasteiger partial charge in [-0.3, -0.25) is 9.59 Å². The first kappa shape index (κ1) is 25.1. The van der Waals surface area contributed by atoms with Crippen molar-refractivity contribution in [2.24, 2.45) is 5.11 Å². The van der Waals surface area contributed by atoms with Gasteiger partial charge in [-0.25, -0.2) is 0 Å². The Balaban J connectivity index is 2.35. The van der Waals surface area contributed by atoms with E-state index in [9.17, 15) is 19.8 Å². The minimum Gasteiger partial charge on any atom is -0.469 e. The molecule has 5 atom stereocenters. The quantitative estimate of drug-likeness (QED) is 0.150. The number of azide groups is 1. The molecule has 1 aliphatic heterocycles. The molecule has 0 aliphatic carbocycles. The lowest BCUT2D eigenvalue weighted by Crippen LogP contribution is -2.58. The van der Waals surface area contributed by atoms with Crippen molar-refractivity contribution in [3.8, 4) is 0 Å². The molecule has 1 heterocycles. The van der Waals surface area contributed by atoms with E-state index in [-0.39, 0.29) is 12.6 Å². The van der Waals surface area contributed by atoms with E-state index >= 15 is 0 Å². The maximum atomic E-state index is 11.0. The molecule has 0 aromatic heterocycles. The van der Waals surface area contributed by atoms with Crippen molar-refractivity contribution in [3.05, 3.63) is 10.4 Å². The van der Waals surface area contributed by atoms with E-state index in [2.05, 4.69) is 14.8 Å². The second kappa shape index (κ2) is 14.1. The predicted octanol–water partition coefficient (Wildman–Crippen LogP) is 1.60. The summed E-state index contributed by atoms with van der Waals surface area (Å²) < 4.78 is 20.6. The van der Waals surface area contributed by atoms with Gasteiger partial charge in [-0.1, -0.05) is 30.8 Å². The molecular weight excluding hydrogens is 386 g/mol. The highest BCUT2D eigenvalue weighted by molar-refractivity contribution is 5.68. The van der Waals surface area contributed by atoms with Crippen LogP contribution in [0, 0.1) is 0 Å². The Labute approximate surface area is 169 Å². The Hall–Kier alpha value is -1.91. The molecule has 11 heteroatoms. The van der Waals surface area contributed by atoms with Gasteiger partial charge >= 0.3 is 11.9 Å². The summed E-state index contributed by atoms with van der Waals surface area (Å²) in [6.45, 7) is 1.28. The highest BCUT2D eigenvalue weighted by Crippen LogP contribution is 2.25. The molecule has 0 aromatic rings. The lowest BCUT2D eigenvalue weighted by Gasteiger charge is -2.40. The van der Waals surface area contributed by atoms with E-state index in [0.717, 1.165) is 38.5 Å². The van der Waals surface area contributed by atoms with Gasteiger partial charge < -0.3 is 29.2 Å². The van der Waals surface area contributed by atoms with E-state index in [1.54, 1.807) is 0 Å². The predicted molar refractivity (Wildman–Crippen MR) is 101 cm³/mol. The molecule has 29 heavy (non-hydrogen) atoms. The van der Waals surface area contributed by atoms with Gasteiger partial charge in [0.1, 0.15) is 24.9 Å². The van der Waals surface area contributed by atoms with Crippen LogP contribution < -0.4 is 0 Å². The van der Waals surface area contributed by atoms with Crippen LogP contribution >= 0.6 is 0 Å². The van der Waals surface area contributed by atoms with Gasteiger partial charge in [0.2, 0.25) is 0 Å². The maximum Gasteiger partial charge on any atom is 0.305 e. The molecular formula is C18H31N3O8. The maximum absolute atomic E-state index is 11.0. The van der Waals surface area contributed by atoms with Crippen molar-refractivity contribution in [1.82, 2.24) is 0 Å². The summed E-state index contributed by atoms with van der Waals surface area (Å²) in [5, 5.41) is 23.8. The Kier molecular flexibility index (Phi) is 12.2. The van der Waals surface area contributed by atoms with Crippen LogP contribution in [0.1, 0.15) is 51.9 Å². The fourth-order valence-corrected chi connectivity index (χ4v) is 2.95. The average Bonchev–Trinajstić information content (AvgIpc) is 2.70. The normalized spacial score (nSPS) is 26.4. The van der Waals surface area contributed by atoms with Gasteiger partial charge in [-0.05, 0) is 18.4 Å². The zero-order chi connectivity index (χ0) is 21.6. The van der Waals surface area contributed by atoms with Crippen molar-refractivity contribution in [3.63, 3.8) is 0 Å². The number of rotatable bonds is 13. The second-order valence-electron chi connectivity index (χ2n) is 6.84. The standard InChI is InChI=1S/C18H31N3O8/c1-12(22)28-11-13-16(24)17(25)15(20-21-19)18(29-13)27-10-8-6-4-3-5-7-9-14(23)26-2/h13,15-18,24-25H,3-11H2,1-2H3/t13-,15-,16-,17-,18-/m1/s1. The van der Waals surface area contributed by atoms with Gasteiger partial charge in [-0.15, -0.1) is 0 Å². The van der Waals surface area contributed by atoms with Crippen LogP contribution in [0.25, 0.3) is 10.4 Å². The van der Waals surface area contributed by atoms with Crippen molar-refractivity contribution < 1.29 is 38.7 Å². The van der Waals surface area contributed by atoms with Crippen LogP contribution in [0.5, 0.6) is 0 Å². The first-order chi connectivity index (χ1) is 13.9. The third-order valence-electron chi connectivity index (χ3n) is 4.59. The van der Waals surface area contributed by atoms with Crippen LogP contribution in [0.3, 0.4) is 0 Å². The molecule has 1 rings (SSSR count). The number of carbonyl (C=O) groups excluding carboxylic acids is 2. The van der Waals surface area contributed by atoms with Crippen LogP contribution in [0.4, 0.5) is 0 Å². The minimum atomic E-state index is -1.40. The SMILES string of the molecule is COC(=O)CCCCCCCCO[C@@H]1O[C@H](COC(C)=O)[C@@H](O)[C@H](O)[C@H]1N=[N+]=[N-]. The number of hydrogen-bond donors (Lipinski definition) is 2. The largest absolute Gasteiger partial charge is 0.469 e. The van der Waals surface area contributed by atoms with E-state index in [0.29, 0.717) is 13.0 Å². The molecule has 0 saturated carbocycles. The zero-order valence-electron chi connectivity index (χ0n) is 16.9. The third kappa shape index (κ3) is 9.42. The van der Waals surface area contributed by atoms with Crippen molar-refractivity contribution >= 4 is 11.9 Å². The number of unbranched alkanes of at least 4 members (excludes halogenated alkanes) is 5. The second-order valence-corrected chi connectivity index (χ2v) is 6.84. The van der Waals surface area contributed by atoms with Crippen LogP contribution in [-0.2, 0) is 28.5 Å². The monoisotopic (exact) mass is 417 g/mol. The number of carbonyl (C=O) groups is 2. The molecule has 2 N–H and O–H groups in total. The molecule has 0 radical (unpaired) electrons. The Morgan fingerprint density at radius 2 is 1.76 bits per heavy atom. The number of ether oxygens (including phenoxy) is 4. The van der Waals surface area contributed by atoms with Gasteiger partial charge in [0.25, 0.3) is 0 Å².